The van der Waals surface area contributed by atoms with Crippen LogP contribution in [0, 0.1) is 20.8 Å². The summed E-state index contributed by atoms with van der Waals surface area (Å²) in [6, 6.07) is 19.3. The summed E-state index contributed by atoms with van der Waals surface area (Å²) in [6.45, 7) is 6.19. The van der Waals surface area contributed by atoms with Gasteiger partial charge in [0.05, 0.1) is 11.3 Å². The summed E-state index contributed by atoms with van der Waals surface area (Å²) in [5, 5.41) is 6.44. The fourth-order valence-corrected chi connectivity index (χ4v) is 4.04. The largest absolute Gasteiger partial charge is 0.351 e. The van der Waals surface area contributed by atoms with Gasteiger partial charge in [0.2, 0.25) is 5.91 Å². The second kappa shape index (κ2) is 10.1. The number of carbonyl (C=O) groups excluding carboxylic acids is 2. The van der Waals surface area contributed by atoms with Crippen LogP contribution in [0.4, 0.5) is 5.69 Å². The highest BCUT2D eigenvalue weighted by Gasteiger charge is 2.19. The highest BCUT2D eigenvalue weighted by molar-refractivity contribution is 8.00. The molecular formula is C24H25N3O2S. The van der Waals surface area contributed by atoms with E-state index < -0.39 is 0 Å². The predicted octanol–water partition coefficient (Wildman–Crippen LogP) is 4.67. The van der Waals surface area contributed by atoms with E-state index >= 15 is 0 Å². The van der Waals surface area contributed by atoms with E-state index in [-0.39, 0.29) is 17.6 Å². The van der Waals surface area contributed by atoms with Crippen molar-refractivity contribution in [2.45, 2.75) is 32.3 Å². The van der Waals surface area contributed by atoms with Crippen LogP contribution in [0.2, 0.25) is 0 Å². The van der Waals surface area contributed by atoms with Crippen LogP contribution in [0.25, 0.3) is 0 Å². The molecule has 0 bridgehead atoms. The molecule has 2 amide bonds. The molecule has 154 valence electrons. The van der Waals surface area contributed by atoms with Crippen LogP contribution >= 0.6 is 11.8 Å². The third kappa shape index (κ3) is 5.70. The van der Waals surface area contributed by atoms with Crippen LogP contribution in [0.1, 0.15) is 32.7 Å². The molecule has 6 heteroatoms. The highest BCUT2D eigenvalue weighted by Crippen LogP contribution is 2.26. The van der Waals surface area contributed by atoms with Crippen molar-refractivity contribution in [2.75, 3.05) is 11.1 Å². The molecule has 1 aromatic heterocycles. The van der Waals surface area contributed by atoms with E-state index in [1.54, 1.807) is 0 Å². The van der Waals surface area contributed by atoms with E-state index in [0.717, 1.165) is 28.1 Å². The molecule has 5 nitrogen and oxygen atoms in total. The number of aromatic nitrogens is 1. The Hall–Kier alpha value is -3.12. The lowest BCUT2D eigenvalue weighted by Crippen LogP contribution is -2.25. The first kappa shape index (κ1) is 21.6. The number of para-hydroxylation sites is 1. The summed E-state index contributed by atoms with van der Waals surface area (Å²) in [7, 11) is 0. The molecule has 0 unspecified atom stereocenters. The Balaban J connectivity index is 1.70. The molecule has 0 fully saturated rings. The Kier molecular flexibility index (Phi) is 7.25. The number of rotatable bonds is 7. The first-order chi connectivity index (χ1) is 14.4. The van der Waals surface area contributed by atoms with Crippen LogP contribution < -0.4 is 10.6 Å². The highest BCUT2D eigenvalue weighted by atomic mass is 32.2. The van der Waals surface area contributed by atoms with E-state index in [4.69, 9.17) is 0 Å². The number of hydrogen-bond acceptors (Lipinski definition) is 4. The van der Waals surface area contributed by atoms with Gasteiger partial charge >= 0.3 is 0 Å². The van der Waals surface area contributed by atoms with Crippen LogP contribution in [-0.4, -0.2) is 22.6 Å². The molecule has 0 aliphatic heterocycles. The number of aryl methyl sites for hydroxylation is 3. The summed E-state index contributed by atoms with van der Waals surface area (Å²) in [5.74, 6) is -0.135. The van der Waals surface area contributed by atoms with Gasteiger partial charge in [-0.1, -0.05) is 60.3 Å². The Morgan fingerprint density at radius 2 is 1.63 bits per heavy atom. The second-order valence-electron chi connectivity index (χ2n) is 7.08. The second-order valence-corrected chi connectivity index (χ2v) is 8.04. The minimum atomic E-state index is -0.221. The fraction of sp³-hybridized carbons (Fsp3) is 0.208. The fourth-order valence-electron chi connectivity index (χ4n) is 3.06. The third-order valence-corrected chi connectivity index (χ3v) is 5.58. The zero-order valence-corrected chi connectivity index (χ0v) is 18.2. The molecule has 0 atom stereocenters. The van der Waals surface area contributed by atoms with Gasteiger partial charge in [-0.25, -0.2) is 4.98 Å². The van der Waals surface area contributed by atoms with Crippen molar-refractivity contribution in [1.82, 2.24) is 10.3 Å². The SMILES string of the molecule is Cc1cc(C)c(C(=O)Nc2ccccc2C)c(SCC(=O)NCc2ccccc2)n1. The van der Waals surface area contributed by atoms with Crippen LogP contribution in [0.3, 0.4) is 0 Å². The normalized spacial score (nSPS) is 10.5. The van der Waals surface area contributed by atoms with E-state index in [1.165, 1.54) is 11.8 Å². The predicted molar refractivity (Wildman–Crippen MR) is 122 cm³/mol. The van der Waals surface area contributed by atoms with Crippen molar-refractivity contribution in [3.63, 3.8) is 0 Å². The van der Waals surface area contributed by atoms with Crippen molar-refractivity contribution >= 4 is 29.3 Å². The Morgan fingerprint density at radius 3 is 2.37 bits per heavy atom. The zero-order valence-electron chi connectivity index (χ0n) is 17.4. The molecule has 0 aliphatic rings. The van der Waals surface area contributed by atoms with Gasteiger partial charge in [0.1, 0.15) is 5.03 Å². The molecule has 3 rings (SSSR count). The maximum atomic E-state index is 13.0. The van der Waals surface area contributed by atoms with Gasteiger partial charge in [-0.05, 0) is 49.6 Å². The zero-order chi connectivity index (χ0) is 21.5. The summed E-state index contributed by atoms with van der Waals surface area (Å²) < 4.78 is 0. The van der Waals surface area contributed by atoms with Crippen LogP contribution in [0.5, 0.6) is 0 Å². The van der Waals surface area contributed by atoms with Crippen molar-refractivity contribution in [3.8, 4) is 0 Å². The number of benzene rings is 2. The Bertz CT molecular complexity index is 1050. The molecule has 0 spiro atoms. The molecule has 0 radical (unpaired) electrons. The quantitative estimate of drug-likeness (QED) is 0.546. The maximum Gasteiger partial charge on any atom is 0.258 e. The molecule has 2 aromatic carbocycles. The van der Waals surface area contributed by atoms with Gasteiger partial charge in [0, 0.05) is 17.9 Å². The molecule has 0 saturated carbocycles. The summed E-state index contributed by atoms with van der Waals surface area (Å²) in [5.41, 5.74) is 4.94. The smallest absolute Gasteiger partial charge is 0.258 e. The summed E-state index contributed by atoms with van der Waals surface area (Å²) in [4.78, 5) is 29.9. The van der Waals surface area contributed by atoms with Gasteiger partial charge < -0.3 is 10.6 Å². The van der Waals surface area contributed by atoms with Gasteiger partial charge in [0.15, 0.2) is 0 Å². The molecule has 0 saturated heterocycles. The van der Waals surface area contributed by atoms with Crippen molar-refractivity contribution in [1.29, 1.82) is 0 Å². The number of pyridine rings is 1. The first-order valence-electron chi connectivity index (χ1n) is 9.72. The summed E-state index contributed by atoms with van der Waals surface area (Å²) in [6.07, 6.45) is 0. The topological polar surface area (TPSA) is 71.1 Å². The number of nitrogens with one attached hydrogen (secondary N) is 2. The molecule has 2 N–H and O–H groups in total. The number of amides is 2. The lowest BCUT2D eigenvalue weighted by atomic mass is 10.1. The molecular weight excluding hydrogens is 394 g/mol. The van der Waals surface area contributed by atoms with Gasteiger partial charge in [-0.15, -0.1) is 0 Å². The average molecular weight is 420 g/mol. The Morgan fingerprint density at radius 1 is 0.933 bits per heavy atom. The molecule has 1 heterocycles. The lowest BCUT2D eigenvalue weighted by molar-refractivity contribution is -0.118. The number of carbonyl (C=O) groups is 2. The van der Waals surface area contributed by atoms with Crippen LogP contribution in [-0.2, 0) is 11.3 Å². The van der Waals surface area contributed by atoms with Crippen molar-refractivity contribution < 1.29 is 9.59 Å². The minimum Gasteiger partial charge on any atom is -0.351 e. The van der Waals surface area contributed by atoms with Gasteiger partial charge in [0.25, 0.3) is 5.91 Å². The number of thioether (sulfide) groups is 1. The third-order valence-electron chi connectivity index (χ3n) is 4.60. The number of anilines is 1. The van der Waals surface area contributed by atoms with Crippen LogP contribution in [0.15, 0.2) is 65.7 Å². The summed E-state index contributed by atoms with van der Waals surface area (Å²) >= 11 is 1.28. The molecule has 30 heavy (non-hydrogen) atoms. The van der Waals surface area contributed by atoms with Crippen molar-refractivity contribution in [2.24, 2.45) is 0 Å². The van der Waals surface area contributed by atoms with E-state index in [9.17, 15) is 9.59 Å². The van der Waals surface area contributed by atoms with Crippen molar-refractivity contribution in [3.05, 3.63) is 88.6 Å². The van der Waals surface area contributed by atoms with Gasteiger partial charge in [-0.3, -0.25) is 9.59 Å². The lowest BCUT2D eigenvalue weighted by Gasteiger charge is -2.14. The average Bonchev–Trinajstić information content (AvgIpc) is 2.72. The van der Waals surface area contributed by atoms with E-state index in [1.807, 2.05) is 81.4 Å². The minimum absolute atomic E-state index is 0.102. The monoisotopic (exact) mass is 419 g/mol. The Labute approximate surface area is 181 Å². The molecule has 3 aromatic rings. The van der Waals surface area contributed by atoms with Gasteiger partial charge in [-0.2, -0.15) is 0 Å². The molecule has 0 aliphatic carbocycles. The number of hydrogen-bond donors (Lipinski definition) is 2. The maximum absolute atomic E-state index is 13.0. The standard InChI is InChI=1S/C24H25N3O2S/c1-16-9-7-8-12-20(16)27-23(29)22-17(2)13-18(3)26-24(22)30-15-21(28)25-14-19-10-5-4-6-11-19/h4-13H,14-15H2,1-3H3,(H,25,28)(H,27,29). The van der Waals surface area contributed by atoms with E-state index in [2.05, 4.69) is 15.6 Å². The first-order valence-corrected chi connectivity index (χ1v) is 10.7. The number of nitrogens with zero attached hydrogens (tertiary/aromatic N) is 1. The van der Waals surface area contributed by atoms with E-state index in [0.29, 0.717) is 17.1 Å².